The van der Waals surface area contributed by atoms with Crippen molar-refractivity contribution in [1.82, 2.24) is 19.7 Å². The van der Waals surface area contributed by atoms with Crippen molar-refractivity contribution in [1.29, 1.82) is 0 Å². The van der Waals surface area contributed by atoms with Gasteiger partial charge in [0.2, 0.25) is 11.1 Å². The van der Waals surface area contributed by atoms with Crippen molar-refractivity contribution in [3.63, 3.8) is 0 Å². The van der Waals surface area contributed by atoms with E-state index in [1.165, 1.54) is 17.3 Å². The molecule has 0 radical (unpaired) electrons. The molecule has 28 heavy (non-hydrogen) atoms. The molecule has 0 spiro atoms. The standard InChI is InChI=1S/C20H18ClN5OS/c1-3-12-8-9-16-13(10-12)18-19(26(16)2)23-20(25-24-18)28-11-17(27)22-15-7-5-4-6-14(15)21/h4-10H,3,11H2,1-2H3,(H,22,27). The van der Waals surface area contributed by atoms with Crippen LogP contribution in [0.25, 0.3) is 22.1 Å². The predicted molar refractivity (Wildman–Crippen MR) is 114 cm³/mol. The molecule has 2 aromatic carbocycles. The average molecular weight is 412 g/mol. The molecule has 0 atom stereocenters. The fraction of sp³-hybridized carbons (Fsp3) is 0.200. The van der Waals surface area contributed by atoms with E-state index in [9.17, 15) is 4.79 Å². The number of carbonyl (C=O) groups is 1. The van der Waals surface area contributed by atoms with E-state index >= 15 is 0 Å². The Morgan fingerprint density at radius 1 is 1.21 bits per heavy atom. The Bertz CT molecular complexity index is 1190. The van der Waals surface area contributed by atoms with E-state index in [-0.39, 0.29) is 11.7 Å². The van der Waals surface area contributed by atoms with E-state index in [4.69, 9.17) is 11.6 Å². The molecule has 0 saturated heterocycles. The van der Waals surface area contributed by atoms with Gasteiger partial charge in [-0.25, -0.2) is 4.98 Å². The van der Waals surface area contributed by atoms with Crippen molar-refractivity contribution in [2.45, 2.75) is 18.5 Å². The van der Waals surface area contributed by atoms with E-state index in [0.717, 1.165) is 28.5 Å². The number of amides is 1. The Balaban J connectivity index is 1.55. The number of nitrogens with zero attached hydrogens (tertiary/aromatic N) is 4. The van der Waals surface area contributed by atoms with E-state index < -0.39 is 0 Å². The topological polar surface area (TPSA) is 72.7 Å². The van der Waals surface area contributed by atoms with Crippen LogP contribution in [0.1, 0.15) is 12.5 Å². The Hall–Kier alpha value is -2.64. The van der Waals surface area contributed by atoms with Gasteiger partial charge < -0.3 is 9.88 Å². The predicted octanol–water partition coefficient (Wildman–Crippen LogP) is 4.46. The zero-order chi connectivity index (χ0) is 19.7. The Labute approximate surface area is 171 Å². The number of nitrogens with one attached hydrogen (secondary N) is 1. The Kier molecular flexibility index (Phi) is 5.19. The van der Waals surface area contributed by atoms with Crippen LogP contribution in [0, 0.1) is 0 Å². The third-order valence-corrected chi connectivity index (χ3v) is 5.70. The normalized spacial score (nSPS) is 11.2. The van der Waals surface area contributed by atoms with Crippen LogP contribution in [0.15, 0.2) is 47.6 Å². The molecular weight excluding hydrogens is 394 g/mol. The average Bonchev–Trinajstić information content (AvgIpc) is 2.99. The Morgan fingerprint density at radius 2 is 2.04 bits per heavy atom. The number of para-hydroxylation sites is 1. The lowest BCUT2D eigenvalue weighted by molar-refractivity contribution is -0.113. The van der Waals surface area contributed by atoms with Gasteiger partial charge in [-0.3, -0.25) is 4.79 Å². The summed E-state index contributed by atoms with van der Waals surface area (Å²) in [7, 11) is 1.96. The van der Waals surface area contributed by atoms with Crippen molar-refractivity contribution < 1.29 is 4.79 Å². The molecule has 0 bridgehead atoms. The maximum absolute atomic E-state index is 12.2. The highest BCUT2D eigenvalue weighted by Gasteiger charge is 2.14. The number of thioether (sulfide) groups is 1. The van der Waals surface area contributed by atoms with Crippen LogP contribution in [0.3, 0.4) is 0 Å². The molecule has 0 saturated carbocycles. The smallest absolute Gasteiger partial charge is 0.234 e. The zero-order valence-electron chi connectivity index (χ0n) is 15.4. The Morgan fingerprint density at radius 3 is 2.82 bits per heavy atom. The number of aryl methyl sites for hydroxylation is 2. The molecule has 0 aliphatic heterocycles. The fourth-order valence-corrected chi connectivity index (χ4v) is 3.82. The van der Waals surface area contributed by atoms with Gasteiger partial charge in [-0.1, -0.05) is 48.5 Å². The zero-order valence-corrected chi connectivity index (χ0v) is 17.0. The van der Waals surface area contributed by atoms with Crippen LogP contribution in [0.5, 0.6) is 0 Å². The minimum atomic E-state index is -0.175. The van der Waals surface area contributed by atoms with Gasteiger partial charge in [-0.15, -0.1) is 10.2 Å². The summed E-state index contributed by atoms with van der Waals surface area (Å²) in [5.74, 6) is -0.00562. The summed E-state index contributed by atoms with van der Waals surface area (Å²) in [6.07, 6.45) is 0.960. The van der Waals surface area contributed by atoms with Crippen LogP contribution < -0.4 is 5.32 Å². The van der Waals surface area contributed by atoms with Crippen LogP contribution in [0.2, 0.25) is 5.02 Å². The molecule has 0 fully saturated rings. The van der Waals surface area contributed by atoms with Crippen LogP contribution in [-0.4, -0.2) is 31.4 Å². The number of fused-ring (bicyclic) bond motifs is 3. The molecular formula is C20H18ClN5OS. The number of anilines is 1. The first kappa shape index (κ1) is 18.7. The maximum Gasteiger partial charge on any atom is 0.234 e. The van der Waals surface area contributed by atoms with Gasteiger partial charge in [0.05, 0.1) is 22.0 Å². The van der Waals surface area contributed by atoms with Crippen LogP contribution in [-0.2, 0) is 18.3 Å². The van der Waals surface area contributed by atoms with Crippen LogP contribution >= 0.6 is 23.4 Å². The lowest BCUT2D eigenvalue weighted by atomic mass is 10.1. The summed E-state index contributed by atoms with van der Waals surface area (Å²) in [4.78, 5) is 16.8. The number of hydrogen-bond donors (Lipinski definition) is 1. The number of aromatic nitrogens is 4. The number of halogens is 1. The molecule has 4 aromatic rings. The van der Waals surface area contributed by atoms with E-state index in [0.29, 0.717) is 15.9 Å². The van der Waals surface area contributed by atoms with Crippen molar-refractivity contribution in [3.8, 4) is 0 Å². The summed E-state index contributed by atoms with van der Waals surface area (Å²) >= 11 is 7.31. The molecule has 2 heterocycles. The third kappa shape index (κ3) is 3.55. The van der Waals surface area contributed by atoms with Crippen molar-refractivity contribution >= 4 is 57.0 Å². The number of rotatable bonds is 5. The first-order valence-corrected chi connectivity index (χ1v) is 10.2. The summed E-state index contributed by atoms with van der Waals surface area (Å²) < 4.78 is 2.01. The van der Waals surface area contributed by atoms with Gasteiger partial charge in [0.15, 0.2) is 5.65 Å². The number of benzene rings is 2. The van der Waals surface area contributed by atoms with Gasteiger partial charge in [0.1, 0.15) is 5.52 Å². The second-order valence-electron chi connectivity index (χ2n) is 6.35. The third-order valence-electron chi connectivity index (χ3n) is 4.53. The van der Waals surface area contributed by atoms with Crippen molar-refractivity contribution in [2.24, 2.45) is 7.05 Å². The van der Waals surface area contributed by atoms with Gasteiger partial charge in [-0.2, -0.15) is 0 Å². The van der Waals surface area contributed by atoms with E-state index in [1.54, 1.807) is 12.1 Å². The monoisotopic (exact) mass is 411 g/mol. The molecule has 1 N–H and O–H groups in total. The summed E-state index contributed by atoms with van der Waals surface area (Å²) in [6.45, 7) is 2.12. The second kappa shape index (κ2) is 7.77. The lowest BCUT2D eigenvalue weighted by Gasteiger charge is -2.06. The largest absolute Gasteiger partial charge is 0.327 e. The summed E-state index contributed by atoms with van der Waals surface area (Å²) in [5.41, 5.74) is 4.43. The van der Waals surface area contributed by atoms with Gasteiger partial charge in [0.25, 0.3) is 0 Å². The molecule has 4 rings (SSSR count). The highest BCUT2D eigenvalue weighted by molar-refractivity contribution is 7.99. The first-order valence-electron chi connectivity index (χ1n) is 8.85. The molecule has 0 aliphatic rings. The molecule has 8 heteroatoms. The minimum absolute atomic E-state index is 0.169. The molecule has 1 amide bonds. The quantitative estimate of drug-likeness (QED) is 0.491. The second-order valence-corrected chi connectivity index (χ2v) is 7.70. The maximum atomic E-state index is 12.2. The van der Waals surface area contributed by atoms with Crippen molar-refractivity contribution in [2.75, 3.05) is 11.1 Å². The lowest BCUT2D eigenvalue weighted by Crippen LogP contribution is -2.14. The minimum Gasteiger partial charge on any atom is -0.327 e. The van der Waals surface area contributed by atoms with Gasteiger partial charge >= 0.3 is 0 Å². The molecule has 6 nitrogen and oxygen atoms in total. The van der Waals surface area contributed by atoms with Crippen molar-refractivity contribution in [3.05, 3.63) is 53.1 Å². The van der Waals surface area contributed by atoms with Gasteiger partial charge in [0, 0.05) is 12.4 Å². The van der Waals surface area contributed by atoms with Gasteiger partial charge in [-0.05, 0) is 36.2 Å². The fourth-order valence-electron chi connectivity index (χ4n) is 3.05. The van der Waals surface area contributed by atoms with E-state index in [1.807, 2.05) is 23.7 Å². The first-order chi connectivity index (χ1) is 13.6. The van der Waals surface area contributed by atoms with Crippen LogP contribution in [0.4, 0.5) is 5.69 Å². The summed E-state index contributed by atoms with van der Waals surface area (Å²) in [6, 6.07) is 13.5. The highest BCUT2D eigenvalue weighted by atomic mass is 35.5. The summed E-state index contributed by atoms with van der Waals surface area (Å²) in [5, 5.41) is 13.4. The molecule has 0 unspecified atom stereocenters. The molecule has 2 aromatic heterocycles. The molecule has 0 aliphatic carbocycles. The number of carbonyl (C=O) groups excluding carboxylic acids is 1. The number of hydrogen-bond acceptors (Lipinski definition) is 5. The molecule has 142 valence electrons. The SMILES string of the molecule is CCc1ccc2c(c1)c1nnc(SCC(=O)Nc3ccccc3Cl)nc1n2C. The highest BCUT2D eigenvalue weighted by Crippen LogP contribution is 2.27. The van der Waals surface area contributed by atoms with E-state index in [2.05, 4.69) is 45.6 Å².